The molecule has 0 aliphatic rings. The van der Waals surface area contributed by atoms with Gasteiger partial charge in [0, 0.05) is 30.7 Å². The Morgan fingerprint density at radius 3 is 2.11 bits per heavy atom. The Hall–Kier alpha value is -1.76. The molecule has 0 heterocycles. The molecule has 0 radical (unpaired) electrons. The standard InChI is InChI=1S/C24H36ClNO2/c1-22(25)19-17-15-13-11-9-7-5-3-4-6-8-10-12-14-16-18-20-24(28)26-23(2)21-27/h3,5-6,8-9,11-12,14,22-23,27H,4,7,10,13,16,18-21H2,1-2H3,(H,26,28)/b5-3+,8-6+,11-9+,14-12+/t22?,23-/m1/s1. The zero-order valence-corrected chi connectivity index (χ0v) is 18.1. The second kappa shape index (κ2) is 20.0. The molecule has 0 aliphatic carbocycles. The number of hydrogen-bond acceptors (Lipinski definition) is 2. The van der Waals surface area contributed by atoms with Crippen LogP contribution >= 0.6 is 11.6 Å². The Morgan fingerprint density at radius 1 is 0.964 bits per heavy atom. The Balaban J connectivity index is 3.58. The molecule has 2 atom stereocenters. The molecular weight excluding hydrogens is 370 g/mol. The number of halogens is 1. The van der Waals surface area contributed by atoms with E-state index in [0.717, 1.165) is 44.9 Å². The van der Waals surface area contributed by atoms with Crippen molar-refractivity contribution in [3.05, 3.63) is 48.6 Å². The van der Waals surface area contributed by atoms with Crippen molar-refractivity contribution >= 4 is 17.5 Å². The van der Waals surface area contributed by atoms with Crippen molar-refractivity contribution in [2.45, 2.75) is 76.6 Å². The topological polar surface area (TPSA) is 49.3 Å². The van der Waals surface area contributed by atoms with Crippen LogP contribution in [-0.2, 0) is 4.79 Å². The van der Waals surface area contributed by atoms with E-state index in [1.807, 2.05) is 6.92 Å². The molecule has 4 heteroatoms. The SMILES string of the molecule is CC(Cl)CC#CC/C=C/C/C=C/C/C=C/C/C=C/CCCC(=O)N[C@H](C)CO. The first-order valence-electron chi connectivity index (χ1n) is 10.2. The van der Waals surface area contributed by atoms with Gasteiger partial charge in [0.05, 0.1) is 6.61 Å². The van der Waals surface area contributed by atoms with E-state index in [4.69, 9.17) is 16.7 Å². The van der Waals surface area contributed by atoms with E-state index in [0.29, 0.717) is 6.42 Å². The number of hydrogen-bond donors (Lipinski definition) is 2. The fourth-order valence-electron chi connectivity index (χ4n) is 2.13. The van der Waals surface area contributed by atoms with Crippen molar-refractivity contribution in [2.24, 2.45) is 0 Å². The third-order valence-electron chi connectivity index (χ3n) is 3.67. The summed E-state index contributed by atoms with van der Waals surface area (Å²) in [5.41, 5.74) is 0. The minimum absolute atomic E-state index is 0.00497. The van der Waals surface area contributed by atoms with Crippen molar-refractivity contribution < 1.29 is 9.90 Å². The number of aliphatic hydroxyl groups excluding tert-OH is 1. The predicted molar refractivity (Wildman–Crippen MR) is 121 cm³/mol. The maximum absolute atomic E-state index is 11.5. The lowest BCUT2D eigenvalue weighted by Crippen LogP contribution is -2.34. The molecular formula is C24H36ClNO2. The summed E-state index contributed by atoms with van der Waals surface area (Å²) in [5, 5.41) is 11.7. The van der Waals surface area contributed by atoms with Crippen LogP contribution in [0.25, 0.3) is 0 Å². The number of nitrogens with one attached hydrogen (secondary N) is 1. The highest BCUT2D eigenvalue weighted by molar-refractivity contribution is 6.20. The highest BCUT2D eigenvalue weighted by atomic mass is 35.5. The molecule has 0 bridgehead atoms. The van der Waals surface area contributed by atoms with Crippen LogP contribution in [0.4, 0.5) is 0 Å². The number of unbranched alkanes of at least 4 members (excludes halogenated alkanes) is 1. The van der Waals surface area contributed by atoms with Gasteiger partial charge in [-0.1, -0.05) is 54.5 Å². The van der Waals surface area contributed by atoms with Gasteiger partial charge in [0.2, 0.25) is 5.91 Å². The molecule has 0 saturated heterocycles. The molecule has 1 amide bonds. The number of rotatable bonds is 14. The fraction of sp³-hybridized carbons (Fsp3) is 0.542. The smallest absolute Gasteiger partial charge is 0.220 e. The van der Waals surface area contributed by atoms with Crippen LogP contribution in [0.15, 0.2) is 48.6 Å². The largest absolute Gasteiger partial charge is 0.394 e. The Labute approximate surface area is 176 Å². The molecule has 0 saturated carbocycles. The minimum Gasteiger partial charge on any atom is -0.394 e. The molecule has 0 aromatic rings. The van der Waals surface area contributed by atoms with E-state index in [1.54, 1.807) is 6.92 Å². The second-order valence-electron chi connectivity index (χ2n) is 6.68. The van der Waals surface area contributed by atoms with Gasteiger partial charge in [-0.05, 0) is 46.0 Å². The number of alkyl halides is 1. The first-order chi connectivity index (χ1) is 13.6. The molecule has 156 valence electrons. The minimum atomic E-state index is -0.164. The molecule has 28 heavy (non-hydrogen) atoms. The third-order valence-corrected chi connectivity index (χ3v) is 3.82. The van der Waals surface area contributed by atoms with Gasteiger partial charge in [0.1, 0.15) is 0 Å². The molecule has 0 aromatic carbocycles. The number of aliphatic hydroxyl groups is 1. The lowest BCUT2D eigenvalue weighted by atomic mass is 10.2. The van der Waals surface area contributed by atoms with Crippen molar-refractivity contribution in [3.63, 3.8) is 0 Å². The highest BCUT2D eigenvalue weighted by Crippen LogP contribution is 2.00. The average Bonchev–Trinajstić information content (AvgIpc) is 2.66. The van der Waals surface area contributed by atoms with Crippen LogP contribution in [0.5, 0.6) is 0 Å². The maximum Gasteiger partial charge on any atom is 0.220 e. The molecule has 0 fully saturated rings. The van der Waals surface area contributed by atoms with E-state index in [2.05, 4.69) is 65.8 Å². The first-order valence-corrected chi connectivity index (χ1v) is 10.6. The normalized spacial score (nSPS) is 14.0. The Kier molecular flexibility index (Phi) is 18.7. The van der Waals surface area contributed by atoms with Gasteiger partial charge in [0.25, 0.3) is 0 Å². The summed E-state index contributed by atoms with van der Waals surface area (Å²) in [7, 11) is 0. The maximum atomic E-state index is 11.5. The fourth-order valence-corrected chi connectivity index (χ4v) is 2.21. The van der Waals surface area contributed by atoms with Gasteiger partial charge in [-0.15, -0.1) is 17.5 Å². The van der Waals surface area contributed by atoms with Crippen molar-refractivity contribution in [1.29, 1.82) is 0 Å². The summed E-state index contributed by atoms with van der Waals surface area (Å²) in [4.78, 5) is 11.5. The number of allylic oxidation sites excluding steroid dienone is 8. The molecule has 0 spiro atoms. The molecule has 0 aromatic heterocycles. The summed E-state index contributed by atoms with van der Waals surface area (Å²) in [5.74, 6) is 6.14. The van der Waals surface area contributed by atoms with Gasteiger partial charge in [-0.3, -0.25) is 4.79 Å². The van der Waals surface area contributed by atoms with Crippen LogP contribution in [0.2, 0.25) is 0 Å². The quantitative estimate of drug-likeness (QED) is 0.174. The van der Waals surface area contributed by atoms with Crippen LogP contribution in [0.3, 0.4) is 0 Å². The number of carbonyl (C=O) groups excluding carboxylic acids is 1. The highest BCUT2D eigenvalue weighted by Gasteiger charge is 2.04. The van der Waals surface area contributed by atoms with Gasteiger partial charge in [-0.25, -0.2) is 0 Å². The van der Waals surface area contributed by atoms with Crippen LogP contribution in [0.1, 0.15) is 65.2 Å². The Morgan fingerprint density at radius 2 is 1.54 bits per heavy atom. The molecule has 2 N–H and O–H groups in total. The van der Waals surface area contributed by atoms with E-state index in [1.165, 1.54) is 0 Å². The molecule has 0 aliphatic heterocycles. The van der Waals surface area contributed by atoms with Crippen molar-refractivity contribution in [1.82, 2.24) is 5.32 Å². The molecule has 1 unspecified atom stereocenters. The summed E-state index contributed by atoms with van der Waals surface area (Å²) in [6.45, 7) is 3.72. The van der Waals surface area contributed by atoms with E-state index in [9.17, 15) is 4.79 Å². The van der Waals surface area contributed by atoms with E-state index in [-0.39, 0.29) is 23.9 Å². The molecule has 3 nitrogen and oxygen atoms in total. The van der Waals surface area contributed by atoms with Gasteiger partial charge in [-0.2, -0.15) is 0 Å². The van der Waals surface area contributed by atoms with Crippen molar-refractivity contribution in [2.75, 3.05) is 6.61 Å². The first kappa shape index (κ1) is 26.2. The van der Waals surface area contributed by atoms with Gasteiger partial charge < -0.3 is 10.4 Å². The van der Waals surface area contributed by atoms with Gasteiger partial charge >= 0.3 is 0 Å². The zero-order chi connectivity index (χ0) is 20.9. The zero-order valence-electron chi connectivity index (χ0n) is 17.4. The van der Waals surface area contributed by atoms with Gasteiger partial charge in [0.15, 0.2) is 0 Å². The number of amides is 1. The van der Waals surface area contributed by atoms with E-state index < -0.39 is 0 Å². The average molecular weight is 406 g/mol. The summed E-state index contributed by atoms with van der Waals surface area (Å²) in [6, 6.07) is -0.164. The lowest BCUT2D eigenvalue weighted by Gasteiger charge is -2.09. The molecule has 0 rings (SSSR count). The van der Waals surface area contributed by atoms with Crippen molar-refractivity contribution in [3.8, 4) is 11.8 Å². The Bertz CT molecular complexity index is 565. The monoisotopic (exact) mass is 405 g/mol. The second-order valence-corrected chi connectivity index (χ2v) is 7.42. The lowest BCUT2D eigenvalue weighted by molar-refractivity contribution is -0.122. The summed E-state index contributed by atoms with van der Waals surface area (Å²) in [6.07, 6.45) is 23.7. The van der Waals surface area contributed by atoms with Crippen LogP contribution in [0, 0.1) is 11.8 Å². The summed E-state index contributed by atoms with van der Waals surface area (Å²) < 4.78 is 0. The van der Waals surface area contributed by atoms with Crippen LogP contribution in [-0.4, -0.2) is 29.0 Å². The van der Waals surface area contributed by atoms with E-state index >= 15 is 0 Å². The third kappa shape index (κ3) is 20.6. The summed E-state index contributed by atoms with van der Waals surface area (Å²) >= 11 is 5.82. The number of carbonyl (C=O) groups is 1. The van der Waals surface area contributed by atoms with Crippen LogP contribution < -0.4 is 5.32 Å². The predicted octanol–water partition coefficient (Wildman–Crippen LogP) is 5.46.